The smallest absolute Gasteiger partial charge is 0.152 e. The molecule has 0 saturated carbocycles. The van der Waals surface area contributed by atoms with Crippen molar-refractivity contribution in [1.29, 1.82) is 0 Å². The maximum atomic E-state index is 11.7. The number of hydrogen-bond donors (Lipinski definition) is 0. The van der Waals surface area contributed by atoms with Gasteiger partial charge in [-0.15, -0.1) is 0 Å². The van der Waals surface area contributed by atoms with Crippen LogP contribution in [0.2, 0.25) is 0 Å². The maximum Gasteiger partial charge on any atom is 0.152 e. The van der Waals surface area contributed by atoms with Gasteiger partial charge in [0.1, 0.15) is 18.0 Å². The van der Waals surface area contributed by atoms with Gasteiger partial charge in [-0.2, -0.15) is 0 Å². The maximum absolute atomic E-state index is 11.7. The van der Waals surface area contributed by atoms with Crippen molar-refractivity contribution in [3.8, 4) is 0 Å². The van der Waals surface area contributed by atoms with Crippen LogP contribution >= 0.6 is 0 Å². The molecule has 2 aliphatic rings. The van der Waals surface area contributed by atoms with Gasteiger partial charge in [0.05, 0.1) is 11.5 Å². The summed E-state index contributed by atoms with van der Waals surface area (Å²) in [6, 6.07) is 2.02. The van der Waals surface area contributed by atoms with Gasteiger partial charge < -0.3 is 9.80 Å². The second-order valence-corrected chi connectivity index (χ2v) is 8.53. The summed E-state index contributed by atoms with van der Waals surface area (Å²) in [7, 11) is -0.949. The lowest BCUT2D eigenvalue weighted by atomic mass is 10.2. The topological polar surface area (TPSA) is 66.4 Å². The fourth-order valence-corrected chi connectivity index (χ4v) is 5.05. The van der Waals surface area contributed by atoms with Crippen LogP contribution < -0.4 is 9.80 Å². The molecule has 1 unspecified atom stereocenters. The molecule has 1 atom stereocenters. The zero-order chi connectivity index (χ0) is 15.6. The Kier molecular flexibility index (Phi) is 4.52. The van der Waals surface area contributed by atoms with E-state index < -0.39 is 9.84 Å². The van der Waals surface area contributed by atoms with E-state index in [2.05, 4.69) is 14.9 Å². The van der Waals surface area contributed by atoms with Crippen LogP contribution in [-0.2, 0) is 9.84 Å². The first-order chi connectivity index (χ1) is 10.6. The molecule has 0 aliphatic carbocycles. The zero-order valence-corrected chi connectivity index (χ0v) is 13.9. The highest BCUT2D eigenvalue weighted by Gasteiger charge is 2.31. The molecule has 22 heavy (non-hydrogen) atoms. The molecular formula is C15H24N4O2S. The fraction of sp³-hybridized carbons (Fsp3) is 0.733. The predicted octanol–water partition coefficient (Wildman–Crippen LogP) is 1.48. The molecule has 3 rings (SSSR count). The minimum absolute atomic E-state index is 0.0249. The second kappa shape index (κ2) is 6.40. The van der Waals surface area contributed by atoms with Gasteiger partial charge in [-0.3, -0.25) is 0 Å². The molecule has 0 spiro atoms. The van der Waals surface area contributed by atoms with E-state index in [-0.39, 0.29) is 17.5 Å². The molecule has 0 N–H and O–H groups in total. The van der Waals surface area contributed by atoms with Crippen molar-refractivity contribution in [1.82, 2.24) is 9.97 Å². The minimum atomic E-state index is -2.88. The zero-order valence-electron chi connectivity index (χ0n) is 13.1. The average molecular weight is 324 g/mol. The van der Waals surface area contributed by atoms with Gasteiger partial charge in [-0.25, -0.2) is 18.4 Å². The Labute approximate surface area is 132 Å². The van der Waals surface area contributed by atoms with Crippen LogP contribution in [0.5, 0.6) is 0 Å². The highest BCUT2D eigenvalue weighted by molar-refractivity contribution is 7.91. The van der Waals surface area contributed by atoms with E-state index in [4.69, 9.17) is 0 Å². The summed E-state index contributed by atoms with van der Waals surface area (Å²) >= 11 is 0. The van der Waals surface area contributed by atoms with Crippen LogP contribution in [0.25, 0.3) is 0 Å². The second-order valence-electron chi connectivity index (χ2n) is 6.30. The van der Waals surface area contributed by atoms with Gasteiger partial charge in [0.25, 0.3) is 0 Å². The van der Waals surface area contributed by atoms with Crippen LogP contribution in [0, 0.1) is 0 Å². The number of nitrogens with zero attached hydrogens (tertiary/aromatic N) is 4. The third kappa shape index (κ3) is 3.51. The summed E-state index contributed by atoms with van der Waals surface area (Å²) in [5, 5.41) is 0. The lowest BCUT2D eigenvalue weighted by molar-refractivity contribution is 0.600. The van der Waals surface area contributed by atoms with Crippen LogP contribution in [0.15, 0.2) is 12.4 Å². The molecule has 6 nitrogen and oxygen atoms in total. The minimum Gasteiger partial charge on any atom is -0.356 e. The molecule has 3 heterocycles. The quantitative estimate of drug-likeness (QED) is 0.839. The van der Waals surface area contributed by atoms with Gasteiger partial charge in [0.15, 0.2) is 9.84 Å². The van der Waals surface area contributed by atoms with Crippen molar-refractivity contribution in [3.05, 3.63) is 12.4 Å². The van der Waals surface area contributed by atoms with Gasteiger partial charge in [0, 0.05) is 32.2 Å². The van der Waals surface area contributed by atoms with Gasteiger partial charge in [-0.05, 0) is 19.3 Å². The van der Waals surface area contributed by atoms with Gasteiger partial charge >= 0.3 is 0 Å². The van der Waals surface area contributed by atoms with Crippen molar-refractivity contribution < 1.29 is 8.42 Å². The Hall–Kier alpha value is -1.37. The van der Waals surface area contributed by atoms with E-state index in [1.807, 2.05) is 18.0 Å². The Morgan fingerprint density at radius 2 is 1.91 bits per heavy atom. The molecule has 1 aromatic heterocycles. The van der Waals surface area contributed by atoms with E-state index in [0.717, 1.165) is 24.7 Å². The largest absolute Gasteiger partial charge is 0.356 e. The summed E-state index contributed by atoms with van der Waals surface area (Å²) in [6.45, 7) is 2.08. The first kappa shape index (κ1) is 15.5. The molecular weight excluding hydrogens is 300 g/mol. The van der Waals surface area contributed by atoms with E-state index in [9.17, 15) is 8.42 Å². The van der Waals surface area contributed by atoms with E-state index in [1.165, 1.54) is 25.7 Å². The fourth-order valence-electron chi connectivity index (χ4n) is 3.27. The third-order valence-electron chi connectivity index (χ3n) is 4.69. The molecule has 2 fully saturated rings. The Balaban J connectivity index is 1.75. The number of anilines is 2. The summed E-state index contributed by atoms with van der Waals surface area (Å²) in [5.41, 5.74) is 0. The van der Waals surface area contributed by atoms with Crippen LogP contribution in [0.3, 0.4) is 0 Å². The standard InChI is InChI=1S/C15H24N4O2S/c1-18(13-6-9-22(20,21)11-13)14-10-15(17-12-16-14)19-7-4-2-3-5-8-19/h10,12-13H,2-9,11H2,1H3. The predicted molar refractivity (Wildman–Crippen MR) is 88.2 cm³/mol. The van der Waals surface area contributed by atoms with Crippen molar-refractivity contribution in [2.75, 3.05) is 41.4 Å². The first-order valence-corrected chi connectivity index (χ1v) is 9.87. The summed E-state index contributed by atoms with van der Waals surface area (Å²) in [4.78, 5) is 13.1. The monoisotopic (exact) mass is 324 g/mol. The summed E-state index contributed by atoms with van der Waals surface area (Å²) in [5.74, 6) is 2.29. The first-order valence-electron chi connectivity index (χ1n) is 8.05. The number of sulfone groups is 1. The van der Waals surface area contributed by atoms with Crippen LogP contribution in [0.1, 0.15) is 32.1 Å². The molecule has 0 radical (unpaired) electrons. The van der Waals surface area contributed by atoms with Gasteiger partial charge in [-0.1, -0.05) is 12.8 Å². The molecule has 0 amide bonds. The number of rotatable bonds is 3. The molecule has 2 saturated heterocycles. The SMILES string of the molecule is CN(c1cc(N2CCCCCC2)ncn1)C1CCS(=O)(=O)C1. The lowest BCUT2D eigenvalue weighted by Crippen LogP contribution is -2.33. The average Bonchev–Trinajstić information content (AvgIpc) is 2.73. The van der Waals surface area contributed by atoms with Gasteiger partial charge in [0.2, 0.25) is 0 Å². The van der Waals surface area contributed by atoms with Crippen molar-refractivity contribution in [2.45, 2.75) is 38.1 Å². The molecule has 2 aliphatic heterocycles. The summed E-state index contributed by atoms with van der Waals surface area (Å²) in [6.07, 6.45) is 7.26. The molecule has 0 bridgehead atoms. The number of hydrogen-bond acceptors (Lipinski definition) is 6. The molecule has 122 valence electrons. The number of aromatic nitrogens is 2. The Morgan fingerprint density at radius 1 is 1.18 bits per heavy atom. The van der Waals surface area contributed by atoms with Crippen LogP contribution in [-0.4, -0.2) is 56.1 Å². The third-order valence-corrected chi connectivity index (χ3v) is 6.44. The highest BCUT2D eigenvalue weighted by Crippen LogP contribution is 2.24. The Bertz CT molecular complexity index is 612. The molecule has 0 aromatic carbocycles. The van der Waals surface area contributed by atoms with E-state index in [1.54, 1.807) is 6.33 Å². The van der Waals surface area contributed by atoms with Crippen molar-refractivity contribution in [3.63, 3.8) is 0 Å². The van der Waals surface area contributed by atoms with E-state index >= 15 is 0 Å². The highest BCUT2D eigenvalue weighted by atomic mass is 32.2. The van der Waals surface area contributed by atoms with E-state index in [0.29, 0.717) is 6.42 Å². The van der Waals surface area contributed by atoms with Crippen molar-refractivity contribution >= 4 is 21.5 Å². The normalized spacial score (nSPS) is 25.0. The lowest BCUT2D eigenvalue weighted by Gasteiger charge is -2.26. The molecule has 1 aromatic rings. The Morgan fingerprint density at radius 3 is 2.55 bits per heavy atom. The van der Waals surface area contributed by atoms with Crippen LogP contribution in [0.4, 0.5) is 11.6 Å². The molecule has 7 heteroatoms. The van der Waals surface area contributed by atoms with Crippen molar-refractivity contribution in [2.24, 2.45) is 0 Å². The summed E-state index contributed by atoms with van der Waals surface area (Å²) < 4.78 is 23.3.